The van der Waals surface area contributed by atoms with Gasteiger partial charge in [-0.25, -0.2) is 0 Å². The van der Waals surface area contributed by atoms with E-state index in [4.69, 9.17) is 5.73 Å². The summed E-state index contributed by atoms with van der Waals surface area (Å²) in [6.07, 6.45) is 4.75. The number of likely N-dealkylation sites (tertiary alicyclic amines) is 1. The molecule has 2 N–H and O–H groups in total. The second-order valence-corrected chi connectivity index (χ2v) is 6.01. The fourth-order valence-electron chi connectivity index (χ4n) is 2.62. The van der Waals surface area contributed by atoms with Crippen LogP contribution in [0, 0.1) is 0 Å². The zero-order valence-electron chi connectivity index (χ0n) is 11.1. The molecule has 1 atom stereocenters. The SMILES string of the molecule is NCC1CCCCN1C(=O)CCc1ccc(Br)cc1. The summed E-state index contributed by atoms with van der Waals surface area (Å²) in [5, 5.41) is 0. The minimum absolute atomic E-state index is 0.248. The lowest BCUT2D eigenvalue weighted by molar-refractivity contribution is -0.134. The second kappa shape index (κ2) is 7.06. The monoisotopic (exact) mass is 324 g/mol. The smallest absolute Gasteiger partial charge is 0.223 e. The predicted molar refractivity (Wildman–Crippen MR) is 80.9 cm³/mol. The number of halogens is 1. The second-order valence-electron chi connectivity index (χ2n) is 5.10. The van der Waals surface area contributed by atoms with E-state index >= 15 is 0 Å². The van der Waals surface area contributed by atoms with Gasteiger partial charge in [0.25, 0.3) is 0 Å². The molecule has 1 unspecified atom stereocenters. The lowest BCUT2D eigenvalue weighted by atomic mass is 10.0. The number of amides is 1. The number of carbonyl (C=O) groups is 1. The predicted octanol–water partition coefficient (Wildman–Crippen LogP) is 2.72. The maximum absolute atomic E-state index is 12.3. The van der Waals surface area contributed by atoms with Gasteiger partial charge in [0, 0.05) is 30.0 Å². The van der Waals surface area contributed by atoms with Gasteiger partial charge < -0.3 is 10.6 Å². The summed E-state index contributed by atoms with van der Waals surface area (Å²) >= 11 is 3.42. The first-order chi connectivity index (χ1) is 9.20. The van der Waals surface area contributed by atoms with Crippen LogP contribution in [0.2, 0.25) is 0 Å². The quantitative estimate of drug-likeness (QED) is 0.925. The molecule has 0 radical (unpaired) electrons. The third-order valence-corrected chi connectivity index (χ3v) is 4.29. The summed E-state index contributed by atoms with van der Waals surface area (Å²) < 4.78 is 1.07. The summed E-state index contributed by atoms with van der Waals surface area (Å²) in [7, 11) is 0. The molecule has 1 heterocycles. The molecule has 0 aromatic heterocycles. The van der Waals surface area contributed by atoms with Crippen LogP contribution in [-0.4, -0.2) is 29.9 Å². The summed E-state index contributed by atoms with van der Waals surface area (Å²) in [5.41, 5.74) is 6.96. The first-order valence-electron chi connectivity index (χ1n) is 6.94. The molecule has 0 aliphatic carbocycles. The van der Waals surface area contributed by atoms with Gasteiger partial charge in [-0.15, -0.1) is 0 Å². The zero-order valence-corrected chi connectivity index (χ0v) is 12.7. The van der Waals surface area contributed by atoms with Gasteiger partial charge >= 0.3 is 0 Å². The van der Waals surface area contributed by atoms with Gasteiger partial charge in [-0.05, 0) is 43.4 Å². The van der Waals surface area contributed by atoms with E-state index in [0.29, 0.717) is 13.0 Å². The Balaban J connectivity index is 1.87. The summed E-state index contributed by atoms with van der Waals surface area (Å²) in [4.78, 5) is 14.3. The van der Waals surface area contributed by atoms with Crippen LogP contribution in [0.3, 0.4) is 0 Å². The fraction of sp³-hybridized carbons (Fsp3) is 0.533. The minimum atomic E-state index is 0.248. The molecule has 3 nitrogen and oxygen atoms in total. The molecular weight excluding hydrogens is 304 g/mol. The van der Waals surface area contributed by atoms with Crippen LogP contribution in [-0.2, 0) is 11.2 Å². The number of aryl methyl sites for hydroxylation is 1. The lowest BCUT2D eigenvalue weighted by Gasteiger charge is -2.35. The van der Waals surface area contributed by atoms with Crippen molar-refractivity contribution < 1.29 is 4.79 Å². The number of nitrogens with zero attached hydrogens (tertiary/aromatic N) is 1. The highest BCUT2D eigenvalue weighted by atomic mass is 79.9. The highest BCUT2D eigenvalue weighted by Gasteiger charge is 2.24. The van der Waals surface area contributed by atoms with Crippen molar-refractivity contribution in [2.24, 2.45) is 5.73 Å². The molecule has 1 fully saturated rings. The topological polar surface area (TPSA) is 46.3 Å². The molecule has 104 valence electrons. The lowest BCUT2D eigenvalue weighted by Crippen LogP contribution is -2.47. The molecule has 1 saturated heterocycles. The van der Waals surface area contributed by atoms with E-state index in [1.807, 2.05) is 17.0 Å². The number of nitrogens with two attached hydrogens (primary N) is 1. The summed E-state index contributed by atoms with van der Waals surface area (Å²) in [6.45, 7) is 1.46. The Morgan fingerprint density at radius 1 is 1.32 bits per heavy atom. The van der Waals surface area contributed by atoms with Gasteiger partial charge in [-0.3, -0.25) is 4.79 Å². The van der Waals surface area contributed by atoms with Crippen LogP contribution < -0.4 is 5.73 Å². The highest BCUT2D eigenvalue weighted by Crippen LogP contribution is 2.18. The summed E-state index contributed by atoms with van der Waals surface area (Å²) in [6, 6.07) is 8.42. The van der Waals surface area contributed by atoms with E-state index in [0.717, 1.165) is 30.3 Å². The zero-order chi connectivity index (χ0) is 13.7. The first kappa shape index (κ1) is 14.5. The number of piperidine rings is 1. The normalized spacial score (nSPS) is 19.5. The minimum Gasteiger partial charge on any atom is -0.338 e. The molecule has 1 aromatic rings. The van der Waals surface area contributed by atoms with Gasteiger partial charge in [0.1, 0.15) is 0 Å². The third-order valence-electron chi connectivity index (χ3n) is 3.76. The van der Waals surface area contributed by atoms with Crippen molar-refractivity contribution in [2.45, 2.75) is 38.1 Å². The highest BCUT2D eigenvalue weighted by molar-refractivity contribution is 9.10. The van der Waals surface area contributed by atoms with Crippen molar-refractivity contribution in [3.63, 3.8) is 0 Å². The van der Waals surface area contributed by atoms with Gasteiger partial charge in [-0.1, -0.05) is 28.1 Å². The molecule has 1 amide bonds. The Morgan fingerprint density at radius 3 is 2.74 bits per heavy atom. The van der Waals surface area contributed by atoms with E-state index in [9.17, 15) is 4.79 Å². The average Bonchev–Trinajstić information content (AvgIpc) is 2.46. The van der Waals surface area contributed by atoms with Gasteiger partial charge in [0.2, 0.25) is 5.91 Å². The van der Waals surface area contributed by atoms with Gasteiger partial charge in [0.05, 0.1) is 0 Å². The number of hydrogen-bond acceptors (Lipinski definition) is 2. The molecule has 0 spiro atoms. The number of hydrogen-bond donors (Lipinski definition) is 1. The molecule has 2 rings (SSSR count). The number of benzene rings is 1. The third kappa shape index (κ3) is 4.05. The Kier molecular flexibility index (Phi) is 5.40. The standard InChI is InChI=1S/C15H21BrN2O/c16-13-7-4-12(5-8-13)6-9-15(19)18-10-2-1-3-14(18)11-17/h4-5,7-8,14H,1-3,6,9-11,17H2. The van der Waals surface area contributed by atoms with Crippen molar-refractivity contribution in [1.29, 1.82) is 0 Å². The van der Waals surface area contributed by atoms with Crippen LogP contribution in [0.1, 0.15) is 31.2 Å². The van der Waals surface area contributed by atoms with Crippen LogP contribution in [0.5, 0.6) is 0 Å². The molecular formula is C15H21BrN2O. The van der Waals surface area contributed by atoms with E-state index in [-0.39, 0.29) is 11.9 Å². The van der Waals surface area contributed by atoms with Crippen LogP contribution in [0.4, 0.5) is 0 Å². The van der Waals surface area contributed by atoms with Crippen molar-refractivity contribution in [3.8, 4) is 0 Å². The number of rotatable bonds is 4. The Hall–Kier alpha value is -0.870. The van der Waals surface area contributed by atoms with Crippen molar-refractivity contribution >= 4 is 21.8 Å². The van der Waals surface area contributed by atoms with E-state index in [2.05, 4.69) is 28.1 Å². The Labute approximate surface area is 123 Å². The van der Waals surface area contributed by atoms with Crippen molar-refractivity contribution in [3.05, 3.63) is 34.3 Å². The molecule has 1 aliphatic rings. The summed E-state index contributed by atoms with van der Waals surface area (Å²) in [5.74, 6) is 0.248. The van der Waals surface area contributed by atoms with Crippen molar-refractivity contribution in [1.82, 2.24) is 4.90 Å². The molecule has 0 saturated carbocycles. The van der Waals surface area contributed by atoms with Gasteiger partial charge in [-0.2, -0.15) is 0 Å². The van der Waals surface area contributed by atoms with E-state index < -0.39 is 0 Å². The van der Waals surface area contributed by atoms with Gasteiger partial charge in [0.15, 0.2) is 0 Å². The molecule has 1 aromatic carbocycles. The van der Waals surface area contributed by atoms with E-state index in [1.165, 1.54) is 12.0 Å². The van der Waals surface area contributed by atoms with Crippen LogP contribution >= 0.6 is 15.9 Å². The first-order valence-corrected chi connectivity index (χ1v) is 7.74. The van der Waals surface area contributed by atoms with Crippen LogP contribution in [0.25, 0.3) is 0 Å². The molecule has 19 heavy (non-hydrogen) atoms. The molecule has 0 bridgehead atoms. The van der Waals surface area contributed by atoms with Crippen LogP contribution in [0.15, 0.2) is 28.7 Å². The number of carbonyl (C=O) groups excluding carboxylic acids is 1. The fourth-order valence-corrected chi connectivity index (χ4v) is 2.88. The average molecular weight is 325 g/mol. The Bertz CT molecular complexity index is 419. The molecule has 4 heteroatoms. The van der Waals surface area contributed by atoms with Crippen molar-refractivity contribution in [2.75, 3.05) is 13.1 Å². The maximum atomic E-state index is 12.3. The Morgan fingerprint density at radius 2 is 2.05 bits per heavy atom. The van der Waals surface area contributed by atoms with E-state index in [1.54, 1.807) is 0 Å². The largest absolute Gasteiger partial charge is 0.338 e. The molecule has 1 aliphatic heterocycles. The maximum Gasteiger partial charge on any atom is 0.223 e.